The van der Waals surface area contributed by atoms with Gasteiger partial charge in [-0.3, -0.25) is 9.69 Å². The molecule has 0 aromatic rings. The second-order valence-corrected chi connectivity index (χ2v) is 3.90. The van der Waals surface area contributed by atoms with Crippen molar-refractivity contribution in [2.75, 3.05) is 13.6 Å². The summed E-state index contributed by atoms with van der Waals surface area (Å²) in [6, 6.07) is -0.115. The summed E-state index contributed by atoms with van der Waals surface area (Å²) >= 11 is 0. The van der Waals surface area contributed by atoms with Gasteiger partial charge in [-0.25, -0.2) is 0 Å². The molecule has 0 fully saturated rings. The molecule has 0 aromatic carbocycles. The molecule has 0 spiro atoms. The highest BCUT2D eigenvalue weighted by molar-refractivity contribution is 5.73. The van der Waals surface area contributed by atoms with Crippen LogP contribution in [0.2, 0.25) is 0 Å². The van der Waals surface area contributed by atoms with E-state index in [4.69, 9.17) is 10.8 Å². The van der Waals surface area contributed by atoms with Gasteiger partial charge < -0.3 is 10.8 Å². The lowest BCUT2D eigenvalue weighted by atomic mass is 10.1. The van der Waals surface area contributed by atoms with Crippen molar-refractivity contribution in [1.82, 2.24) is 4.90 Å². The predicted octanol–water partition coefficient (Wildman–Crippen LogP) is 0.909. The van der Waals surface area contributed by atoms with E-state index in [2.05, 4.69) is 0 Å². The summed E-state index contributed by atoms with van der Waals surface area (Å²) in [4.78, 5) is 12.9. The zero-order valence-corrected chi connectivity index (χ0v) is 9.36. The van der Waals surface area contributed by atoms with Gasteiger partial charge in [0.25, 0.3) is 0 Å². The molecule has 0 heterocycles. The molecule has 84 valence electrons. The molecule has 0 aromatic heterocycles. The molecule has 0 aliphatic rings. The van der Waals surface area contributed by atoms with E-state index < -0.39 is 5.97 Å². The topological polar surface area (TPSA) is 66.6 Å². The Hall–Kier alpha value is -0.610. The molecular formula is C10H22N2O2. The second-order valence-electron chi connectivity index (χ2n) is 3.90. The highest BCUT2D eigenvalue weighted by Gasteiger charge is 2.23. The molecule has 1 atom stereocenters. The Balaban J connectivity index is 4.08. The van der Waals surface area contributed by atoms with Crippen molar-refractivity contribution < 1.29 is 9.90 Å². The van der Waals surface area contributed by atoms with E-state index in [1.54, 1.807) is 0 Å². The van der Waals surface area contributed by atoms with Gasteiger partial charge in [0.1, 0.15) is 6.04 Å². The summed E-state index contributed by atoms with van der Waals surface area (Å²) < 4.78 is 0. The Morgan fingerprint density at radius 1 is 1.43 bits per heavy atom. The lowest BCUT2D eigenvalue weighted by Gasteiger charge is -2.28. The first-order chi connectivity index (χ1) is 6.50. The van der Waals surface area contributed by atoms with E-state index in [-0.39, 0.29) is 12.1 Å². The molecule has 14 heavy (non-hydrogen) atoms. The standard InChI is InChI=1S/C10H22N2O2/c1-8(2)12(3)9(10(13)14)6-4-5-7-11/h8-9H,4-7,11H2,1-3H3,(H,13,14). The van der Waals surface area contributed by atoms with Gasteiger partial charge in [-0.2, -0.15) is 0 Å². The molecule has 0 saturated carbocycles. The van der Waals surface area contributed by atoms with Crippen molar-refractivity contribution in [2.45, 2.75) is 45.2 Å². The van der Waals surface area contributed by atoms with Gasteiger partial charge in [-0.05, 0) is 40.3 Å². The van der Waals surface area contributed by atoms with Gasteiger partial charge >= 0.3 is 5.97 Å². The van der Waals surface area contributed by atoms with Crippen LogP contribution in [-0.4, -0.2) is 41.7 Å². The van der Waals surface area contributed by atoms with E-state index in [0.717, 1.165) is 12.8 Å². The van der Waals surface area contributed by atoms with Gasteiger partial charge in [0.2, 0.25) is 0 Å². The van der Waals surface area contributed by atoms with E-state index in [9.17, 15) is 4.79 Å². The third-order valence-electron chi connectivity index (χ3n) is 2.52. The zero-order chi connectivity index (χ0) is 11.1. The molecule has 3 N–H and O–H groups in total. The number of hydrogen-bond donors (Lipinski definition) is 2. The van der Waals surface area contributed by atoms with Crippen LogP contribution in [0.1, 0.15) is 33.1 Å². The first kappa shape index (κ1) is 13.4. The minimum atomic E-state index is -0.738. The van der Waals surface area contributed by atoms with E-state index in [1.165, 1.54) is 0 Å². The zero-order valence-electron chi connectivity index (χ0n) is 9.36. The molecule has 0 saturated heterocycles. The van der Waals surface area contributed by atoms with E-state index >= 15 is 0 Å². The van der Waals surface area contributed by atoms with Crippen molar-refractivity contribution in [1.29, 1.82) is 0 Å². The molecule has 0 aliphatic heterocycles. The van der Waals surface area contributed by atoms with Crippen molar-refractivity contribution in [2.24, 2.45) is 5.73 Å². The monoisotopic (exact) mass is 202 g/mol. The molecule has 0 rings (SSSR count). The largest absolute Gasteiger partial charge is 0.480 e. The Morgan fingerprint density at radius 2 is 2.00 bits per heavy atom. The van der Waals surface area contributed by atoms with Gasteiger partial charge in [0, 0.05) is 6.04 Å². The maximum Gasteiger partial charge on any atom is 0.320 e. The van der Waals surface area contributed by atoms with Crippen molar-refractivity contribution in [3.63, 3.8) is 0 Å². The first-order valence-electron chi connectivity index (χ1n) is 5.15. The van der Waals surface area contributed by atoms with Crippen LogP contribution in [0, 0.1) is 0 Å². The predicted molar refractivity (Wildman–Crippen MR) is 57.2 cm³/mol. The molecule has 1 unspecified atom stereocenters. The number of nitrogens with zero attached hydrogens (tertiary/aromatic N) is 1. The average molecular weight is 202 g/mol. The smallest absolute Gasteiger partial charge is 0.320 e. The van der Waals surface area contributed by atoms with Crippen molar-refractivity contribution in [3.05, 3.63) is 0 Å². The number of likely N-dealkylation sites (N-methyl/N-ethyl adjacent to an activating group) is 1. The Bertz CT molecular complexity index is 172. The number of hydrogen-bond acceptors (Lipinski definition) is 3. The summed E-state index contributed by atoms with van der Waals surface area (Å²) in [7, 11) is 1.85. The van der Waals surface area contributed by atoms with Crippen molar-refractivity contribution >= 4 is 5.97 Å². The Kier molecular flexibility index (Phi) is 6.49. The molecule has 0 aliphatic carbocycles. The van der Waals surface area contributed by atoms with Gasteiger partial charge in [-0.1, -0.05) is 6.42 Å². The summed E-state index contributed by atoms with van der Waals surface area (Å²) in [5.41, 5.74) is 5.37. The first-order valence-corrected chi connectivity index (χ1v) is 5.15. The maximum atomic E-state index is 11.0. The highest BCUT2D eigenvalue weighted by Crippen LogP contribution is 2.10. The summed E-state index contributed by atoms with van der Waals surface area (Å²) in [5, 5.41) is 9.02. The summed E-state index contributed by atoms with van der Waals surface area (Å²) in [6.07, 6.45) is 2.46. The third kappa shape index (κ3) is 4.58. The molecule has 4 heteroatoms. The van der Waals surface area contributed by atoms with Crippen LogP contribution in [0.4, 0.5) is 0 Å². The Labute approximate surface area is 86.1 Å². The maximum absolute atomic E-state index is 11.0. The van der Waals surface area contributed by atoms with Crippen LogP contribution >= 0.6 is 0 Å². The van der Waals surface area contributed by atoms with Crippen LogP contribution in [0.25, 0.3) is 0 Å². The molecule has 0 bridgehead atoms. The van der Waals surface area contributed by atoms with Crippen LogP contribution < -0.4 is 5.73 Å². The normalized spacial score (nSPS) is 13.6. The number of carbonyl (C=O) groups is 1. The summed E-state index contributed by atoms with van der Waals surface area (Å²) in [5.74, 6) is -0.738. The second kappa shape index (κ2) is 6.79. The molecule has 4 nitrogen and oxygen atoms in total. The lowest BCUT2D eigenvalue weighted by Crippen LogP contribution is -2.42. The van der Waals surface area contributed by atoms with Crippen molar-refractivity contribution in [3.8, 4) is 0 Å². The number of nitrogens with two attached hydrogens (primary N) is 1. The lowest BCUT2D eigenvalue weighted by molar-refractivity contribution is -0.143. The SMILES string of the molecule is CC(C)N(C)C(CCCCN)C(=O)O. The third-order valence-corrected chi connectivity index (χ3v) is 2.52. The number of unbranched alkanes of at least 4 members (excludes halogenated alkanes) is 1. The van der Waals surface area contributed by atoms with Crippen LogP contribution in [0.15, 0.2) is 0 Å². The number of carboxylic acids is 1. The van der Waals surface area contributed by atoms with E-state index in [1.807, 2.05) is 25.8 Å². The Morgan fingerprint density at radius 3 is 2.36 bits per heavy atom. The van der Waals surface area contributed by atoms with Crippen LogP contribution in [0.5, 0.6) is 0 Å². The van der Waals surface area contributed by atoms with Crippen LogP contribution in [-0.2, 0) is 4.79 Å². The summed E-state index contributed by atoms with van der Waals surface area (Å²) in [6.45, 7) is 4.63. The number of rotatable bonds is 7. The van der Waals surface area contributed by atoms with Gasteiger partial charge in [-0.15, -0.1) is 0 Å². The highest BCUT2D eigenvalue weighted by atomic mass is 16.4. The average Bonchev–Trinajstić information content (AvgIpc) is 2.10. The fraction of sp³-hybridized carbons (Fsp3) is 0.900. The van der Waals surface area contributed by atoms with Gasteiger partial charge in [0.15, 0.2) is 0 Å². The number of carboxylic acid groups (broad SMARTS) is 1. The minimum Gasteiger partial charge on any atom is -0.480 e. The molecular weight excluding hydrogens is 180 g/mol. The fourth-order valence-electron chi connectivity index (χ4n) is 1.34. The number of aliphatic carboxylic acids is 1. The van der Waals surface area contributed by atoms with Crippen LogP contribution in [0.3, 0.4) is 0 Å². The molecule has 0 amide bonds. The fourth-order valence-corrected chi connectivity index (χ4v) is 1.34. The minimum absolute atomic E-state index is 0.258. The van der Waals surface area contributed by atoms with E-state index in [0.29, 0.717) is 13.0 Å². The quantitative estimate of drug-likeness (QED) is 0.602. The van der Waals surface area contributed by atoms with Gasteiger partial charge in [0.05, 0.1) is 0 Å². The molecule has 0 radical (unpaired) electrons.